The van der Waals surface area contributed by atoms with Crippen molar-refractivity contribution in [3.05, 3.63) is 24.4 Å². The molecule has 2 aromatic rings. The number of rotatable bonds is 3. The minimum Gasteiger partial charge on any atom is -0.392 e. The molecule has 1 atom stereocenters. The molecule has 2 heterocycles. The van der Waals surface area contributed by atoms with E-state index in [1.807, 2.05) is 24.4 Å². The molecular weight excluding hydrogens is 178 g/mol. The number of hydrogen-bond acceptors (Lipinski definition) is 3. The van der Waals surface area contributed by atoms with Gasteiger partial charge in [-0.25, -0.2) is 4.98 Å². The highest BCUT2D eigenvalue weighted by molar-refractivity contribution is 5.77. The van der Waals surface area contributed by atoms with Crippen LogP contribution in [0.1, 0.15) is 6.92 Å². The first kappa shape index (κ1) is 9.02. The Labute approximate surface area is 82.0 Å². The number of aliphatic hydroxyl groups is 1. The van der Waals surface area contributed by atoms with Gasteiger partial charge in [0.2, 0.25) is 0 Å². The Bertz CT molecular complexity index is 422. The lowest BCUT2D eigenvalue weighted by atomic mass is 10.3. The van der Waals surface area contributed by atoms with Gasteiger partial charge in [0.05, 0.1) is 6.10 Å². The van der Waals surface area contributed by atoms with Crippen LogP contribution in [0.3, 0.4) is 0 Å². The van der Waals surface area contributed by atoms with E-state index in [1.54, 1.807) is 6.92 Å². The smallest absolute Gasteiger partial charge is 0.139 e. The van der Waals surface area contributed by atoms with Gasteiger partial charge >= 0.3 is 0 Å². The Hall–Kier alpha value is -1.55. The summed E-state index contributed by atoms with van der Waals surface area (Å²) in [6, 6.07) is 5.86. The summed E-state index contributed by atoms with van der Waals surface area (Å²) in [6.45, 7) is 2.25. The normalized spacial score (nSPS) is 13.0. The topological polar surface area (TPSA) is 60.9 Å². The maximum atomic E-state index is 9.09. The zero-order valence-electron chi connectivity index (χ0n) is 7.99. The van der Waals surface area contributed by atoms with Crippen molar-refractivity contribution in [2.75, 3.05) is 11.9 Å². The summed E-state index contributed by atoms with van der Waals surface area (Å²) in [7, 11) is 0. The number of aromatic amines is 1. The molecule has 0 saturated heterocycles. The van der Waals surface area contributed by atoms with Crippen molar-refractivity contribution >= 4 is 16.9 Å². The van der Waals surface area contributed by atoms with E-state index in [0.717, 1.165) is 16.9 Å². The standard InChI is InChI=1S/C10H13N3O/c1-7(14)6-12-9-3-2-8-4-5-11-10(8)13-9/h2-5,7,14H,6H2,1H3,(H2,11,12,13). The second-order valence-corrected chi connectivity index (χ2v) is 3.34. The van der Waals surface area contributed by atoms with E-state index >= 15 is 0 Å². The first-order valence-corrected chi connectivity index (χ1v) is 4.62. The summed E-state index contributed by atoms with van der Waals surface area (Å²) in [5.41, 5.74) is 0.862. The van der Waals surface area contributed by atoms with Crippen LogP contribution in [0.15, 0.2) is 24.4 Å². The second-order valence-electron chi connectivity index (χ2n) is 3.34. The van der Waals surface area contributed by atoms with E-state index in [-0.39, 0.29) is 6.10 Å². The fourth-order valence-corrected chi connectivity index (χ4v) is 1.28. The summed E-state index contributed by atoms with van der Waals surface area (Å²) in [5.74, 6) is 0.779. The monoisotopic (exact) mass is 191 g/mol. The van der Waals surface area contributed by atoms with Crippen LogP contribution in [0.5, 0.6) is 0 Å². The number of hydrogen-bond donors (Lipinski definition) is 3. The van der Waals surface area contributed by atoms with Crippen molar-refractivity contribution in [1.82, 2.24) is 9.97 Å². The van der Waals surface area contributed by atoms with E-state index in [9.17, 15) is 0 Å². The van der Waals surface area contributed by atoms with Crippen LogP contribution < -0.4 is 5.32 Å². The first-order chi connectivity index (χ1) is 6.75. The van der Waals surface area contributed by atoms with E-state index in [2.05, 4.69) is 15.3 Å². The van der Waals surface area contributed by atoms with E-state index in [4.69, 9.17) is 5.11 Å². The molecule has 4 heteroatoms. The molecule has 14 heavy (non-hydrogen) atoms. The lowest BCUT2D eigenvalue weighted by Gasteiger charge is -2.06. The molecule has 0 bridgehead atoms. The Morgan fingerprint density at radius 2 is 2.36 bits per heavy atom. The second kappa shape index (κ2) is 3.67. The van der Waals surface area contributed by atoms with Gasteiger partial charge in [-0.2, -0.15) is 0 Å². The third-order valence-electron chi connectivity index (χ3n) is 1.99. The average molecular weight is 191 g/mol. The molecule has 74 valence electrons. The van der Waals surface area contributed by atoms with Gasteiger partial charge in [-0.05, 0) is 25.1 Å². The van der Waals surface area contributed by atoms with Crippen molar-refractivity contribution in [3.8, 4) is 0 Å². The van der Waals surface area contributed by atoms with Crippen LogP contribution in [0.25, 0.3) is 11.0 Å². The summed E-state index contributed by atoms with van der Waals surface area (Å²) in [4.78, 5) is 7.36. The van der Waals surface area contributed by atoms with Crippen LogP contribution in [-0.4, -0.2) is 27.7 Å². The number of pyridine rings is 1. The Morgan fingerprint density at radius 1 is 1.50 bits per heavy atom. The molecule has 2 aromatic heterocycles. The lowest BCUT2D eigenvalue weighted by Crippen LogP contribution is -2.15. The van der Waals surface area contributed by atoms with Gasteiger partial charge in [-0.3, -0.25) is 0 Å². The zero-order chi connectivity index (χ0) is 9.97. The fourth-order valence-electron chi connectivity index (χ4n) is 1.28. The van der Waals surface area contributed by atoms with Gasteiger partial charge in [0, 0.05) is 18.1 Å². The van der Waals surface area contributed by atoms with Gasteiger partial charge < -0.3 is 15.4 Å². The predicted molar refractivity (Wildman–Crippen MR) is 56.3 cm³/mol. The highest BCUT2D eigenvalue weighted by Crippen LogP contribution is 2.12. The summed E-state index contributed by atoms with van der Waals surface area (Å²) < 4.78 is 0. The van der Waals surface area contributed by atoms with Crippen LogP contribution in [0.2, 0.25) is 0 Å². The maximum absolute atomic E-state index is 9.09. The number of H-pyrrole nitrogens is 1. The number of aromatic nitrogens is 2. The van der Waals surface area contributed by atoms with Gasteiger partial charge in [0.15, 0.2) is 0 Å². The molecule has 4 nitrogen and oxygen atoms in total. The Balaban J connectivity index is 2.17. The number of anilines is 1. The van der Waals surface area contributed by atoms with Crippen LogP contribution in [0, 0.1) is 0 Å². The van der Waals surface area contributed by atoms with Crippen molar-refractivity contribution in [2.45, 2.75) is 13.0 Å². The summed E-state index contributed by atoms with van der Waals surface area (Å²) in [5, 5.41) is 13.2. The van der Waals surface area contributed by atoms with Gasteiger partial charge in [-0.1, -0.05) is 0 Å². The van der Waals surface area contributed by atoms with Crippen molar-refractivity contribution in [3.63, 3.8) is 0 Å². The minimum absolute atomic E-state index is 0.365. The van der Waals surface area contributed by atoms with Crippen molar-refractivity contribution in [1.29, 1.82) is 0 Å². The zero-order valence-corrected chi connectivity index (χ0v) is 7.99. The summed E-state index contributed by atoms with van der Waals surface area (Å²) in [6.07, 6.45) is 1.49. The minimum atomic E-state index is -0.365. The van der Waals surface area contributed by atoms with Gasteiger partial charge in [0.25, 0.3) is 0 Å². The first-order valence-electron chi connectivity index (χ1n) is 4.62. The molecule has 0 aromatic carbocycles. The molecule has 1 unspecified atom stereocenters. The molecule has 3 N–H and O–H groups in total. The van der Waals surface area contributed by atoms with Crippen molar-refractivity contribution < 1.29 is 5.11 Å². The van der Waals surface area contributed by atoms with Crippen LogP contribution in [0.4, 0.5) is 5.82 Å². The van der Waals surface area contributed by atoms with Gasteiger partial charge in [-0.15, -0.1) is 0 Å². The van der Waals surface area contributed by atoms with Crippen molar-refractivity contribution in [2.24, 2.45) is 0 Å². The Morgan fingerprint density at radius 3 is 3.14 bits per heavy atom. The molecule has 0 spiro atoms. The third-order valence-corrected chi connectivity index (χ3v) is 1.99. The molecule has 0 saturated carbocycles. The highest BCUT2D eigenvalue weighted by atomic mass is 16.3. The average Bonchev–Trinajstić information content (AvgIpc) is 2.61. The third kappa shape index (κ3) is 1.85. The Kier molecular flexibility index (Phi) is 2.37. The molecule has 0 fully saturated rings. The number of nitrogens with one attached hydrogen (secondary N) is 2. The van der Waals surface area contributed by atoms with Gasteiger partial charge in [0.1, 0.15) is 11.5 Å². The van der Waals surface area contributed by atoms with Crippen LogP contribution in [-0.2, 0) is 0 Å². The summed E-state index contributed by atoms with van der Waals surface area (Å²) >= 11 is 0. The van der Waals surface area contributed by atoms with E-state index in [1.165, 1.54) is 0 Å². The number of aliphatic hydroxyl groups excluding tert-OH is 1. The molecule has 0 amide bonds. The lowest BCUT2D eigenvalue weighted by molar-refractivity contribution is 0.208. The maximum Gasteiger partial charge on any atom is 0.139 e. The SMILES string of the molecule is CC(O)CNc1ccc2cc[nH]c2n1. The quantitative estimate of drug-likeness (QED) is 0.686. The molecule has 2 rings (SSSR count). The number of nitrogens with zero attached hydrogens (tertiary/aromatic N) is 1. The van der Waals surface area contributed by atoms with E-state index in [0.29, 0.717) is 6.54 Å². The molecular formula is C10H13N3O. The highest BCUT2D eigenvalue weighted by Gasteiger charge is 1.99. The van der Waals surface area contributed by atoms with E-state index < -0.39 is 0 Å². The molecule has 0 aliphatic heterocycles. The number of fused-ring (bicyclic) bond motifs is 1. The van der Waals surface area contributed by atoms with Crippen LogP contribution >= 0.6 is 0 Å². The molecule has 0 aliphatic carbocycles. The largest absolute Gasteiger partial charge is 0.392 e. The predicted octanol–water partition coefficient (Wildman–Crippen LogP) is 1.36. The fraction of sp³-hybridized carbons (Fsp3) is 0.300. The molecule has 0 aliphatic rings. The molecule has 0 radical (unpaired) electrons.